The average molecular weight is 386 g/mol. The van der Waals surface area contributed by atoms with Crippen molar-refractivity contribution in [2.75, 3.05) is 0 Å². The van der Waals surface area contributed by atoms with Crippen molar-refractivity contribution in [3.8, 4) is 5.75 Å². The Morgan fingerprint density at radius 1 is 1.07 bits per heavy atom. The highest BCUT2D eigenvalue weighted by Crippen LogP contribution is 2.42. The van der Waals surface area contributed by atoms with Gasteiger partial charge in [0.2, 0.25) is 6.23 Å². The molecule has 3 rings (SSSR count). The molecule has 2 aromatic carbocycles. The summed E-state index contributed by atoms with van der Waals surface area (Å²) in [6, 6.07) is 16.9. The number of benzene rings is 2. The van der Waals surface area contributed by atoms with E-state index in [1.54, 1.807) is 35.3 Å². The molecule has 6 heteroatoms. The summed E-state index contributed by atoms with van der Waals surface area (Å²) in [5.41, 5.74) is -0.757. The monoisotopic (exact) mass is 385 g/mol. The predicted octanol–water partition coefficient (Wildman–Crippen LogP) is 4.53. The molecule has 27 heavy (non-hydrogen) atoms. The van der Waals surface area contributed by atoms with Gasteiger partial charge in [0.25, 0.3) is 0 Å². The summed E-state index contributed by atoms with van der Waals surface area (Å²) in [5.74, 6) is 0.593. The molecule has 0 aliphatic rings. The van der Waals surface area contributed by atoms with E-state index in [0.717, 1.165) is 5.56 Å². The molecule has 1 N–H and O–H groups in total. The van der Waals surface area contributed by atoms with Gasteiger partial charge in [-0.2, -0.15) is 5.10 Å². The summed E-state index contributed by atoms with van der Waals surface area (Å²) in [6.45, 7) is 5.97. The van der Waals surface area contributed by atoms with Gasteiger partial charge in [0.15, 0.2) is 0 Å². The maximum Gasteiger partial charge on any atom is 0.222 e. The first-order chi connectivity index (χ1) is 12.8. The smallest absolute Gasteiger partial charge is 0.222 e. The molecule has 0 saturated heterocycles. The normalized spacial score (nSPS) is 15.1. The van der Waals surface area contributed by atoms with Crippen LogP contribution in [0.4, 0.5) is 0 Å². The van der Waals surface area contributed by atoms with E-state index >= 15 is 0 Å². The molecule has 3 aromatic rings. The molecule has 2 atom stereocenters. The SMILES string of the molecule is CC(C)(C)C(O)(Cc1ccccc1)C(Oc1ccc(Cl)cc1)n1cncn1. The third-order valence-corrected chi connectivity index (χ3v) is 5.01. The minimum Gasteiger partial charge on any atom is -0.465 e. The van der Waals surface area contributed by atoms with Crippen LogP contribution in [0.1, 0.15) is 32.6 Å². The van der Waals surface area contributed by atoms with Gasteiger partial charge >= 0.3 is 0 Å². The number of hydrogen-bond acceptors (Lipinski definition) is 4. The molecule has 1 aromatic heterocycles. The van der Waals surface area contributed by atoms with Crippen LogP contribution >= 0.6 is 11.6 Å². The molecular weight excluding hydrogens is 362 g/mol. The average Bonchev–Trinajstić information content (AvgIpc) is 3.15. The van der Waals surface area contributed by atoms with E-state index in [2.05, 4.69) is 10.1 Å². The van der Waals surface area contributed by atoms with Crippen LogP contribution in [-0.4, -0.2) is 25.5 Å². The Bertz CT molecular complexity index is 845. The number of rotatable bonds is 6. The number of aliphatic hydroxyl groups is 1. The van der Waals surface area contributed by atoms with Gasteiger partial charge in [-0.25, -0.2) is 9.67 Å². The van der Waals surface area contributed by atoms with Crippen molar-refractivity contribution >= 4 is 11.6 Å². The zero-order valence-electron chi connectivity index (χ0n) is 15.7. The van der Waals surface area contributed by atoms with Crippen molar-refractivity contribution in [1.29, 1.82) is 0 Å². The topological polar surface area (TPSA) is 60.2 Å². The van der Waals surface area contributed by atoms with Gasteiger partial charge < -0.3 is 9.84 Å². The van der Waals surface area contributed by atoms with Crippen molar-refractivity contribution < 1.29 is 9.84 Å². The minimum atomic E-state index is -1.26. The lowest BCUT2D eigenvalue weighted by Crippen LogP contribution is -2.54. The summed E-state index contributed by atoms with van der Waals surface area (Å²) in [7, 11) is 0. The van der Waals surface area contributed by atoms with E-state index in [1.165, 1.54) is 6.33 Å². The van der Waals surface area contributed by atoms with Gasteiger partial charge in [0.05, 0.1) is 0 Å². The van der Waals surface area contributed by atoms with Crippen LogP contribution in [0.5, 0.6) is 5.75 Å². The van der Waals surface area contributed by atoms with Crippen molar-refractivity contribution in [1.82, 2.24) is 14.8 Å². The zero-order chi connectivity index (χ0) is 19.5. The molecule has 0 saturated carbocycles. The van der Waals surface area contributed by atoms with Crippen LogP contribution in [0.3, 0.4) is 0 Å². The third kappa shape index (κ3) is 4.31. The fourth-order valence-corrected chi connectivity index (χ4v) is 3.11. The maximum absolute atomic E-state index is 11.9. The molecule has 0 bridgehead atoms. The second-order valence-corrected chi connectivity index (χ2v) is 8.07. The third-order valence-electron chi connectivity index (χ3n) is 4.76. The molecule has 0 radical (unpaired) electrons. The number of nitrogens with zero attached hydrogens (tertiary/aromatic N) is 3. The van der Waals surface area contributed by atoms with Crippen molar-refractivity contribution in [3.63, 3.8) is 0 Å². The van der Waals surface area contributed by atoms with E-state index in [4.69, 9.17) is 16.3 Å². The summed E-state index contributed by atoms with van der Waals surface area (Å²) in [5, 5.41) is 16.8. The molecule has 0 aliphatic carbocycles. The van der Waals surface area contributed by atoms with Crippen LogP contribution in [0, 0.1) is 5.41 Å². The van der Waals surface area contributed by atoms with Crippen molar-refractivity contribution in [2.45, 2.75) is 39.0 Å². The van der Waals surface area contributed by atoms with Crippen molar-refractivity contribution in [2.24, 2.45) is 5.41 Å². The summed E-state index contributed by atoms with van der Waals surface area (Å²) in [4.78, 5) is 4.04. The summed E-state index contributed by atoms with van der Waals surface area (Å²) >= 11 is 5.99. The number of ether oxygens (including phenoxy) is 1. The minimum absolute atomic E-state index is 0.398. The first-order valence-corrected chi connectivity index (χ1v) is 9.20. The Hall–Kier alpha value is -2.37. The van der Waals surface area contributed by atoms with Gasteiger partial charge in [-0.3, -0.25) is 0 Å². The molecule has 0 aliphatic heterocycles. The molecule has 0 amide bonds. The van der Waals surface area contributed by atoms with E-state index in [-0.39, 0.29) is 0 Å². The fraction of sp³-hybridized carbons (Fsp3) is 0.333. The highest BCUT2D eigenvalue weighted by Gasteiger charge is 2.50. The number of halogens is 1. The van der Waals surface area contributed by atoms with Crippen LogP contribution in [0.2, 0.25) is 5.02 Å². The maximum atomic E-state index is 11.9. The molecule has 2 unspecified atom stereocenters. The van der Waals surface area contributed by atoms with Gasteiger partial charge in [-0.1, -0.05) is 62.7 Å². The molecule has 5 nitrogen and oxygen atoms in total. The first-order valence-electron chi connectivity index (χ1n) is 8.82. The van der Waals surface area contributed by atoms with E-state index in [1.807, 2.05) is 51.1 Å². The molecular formula is C21H24ClN3O2. The van der Waals surface area contributed by atoms with Crippen LogP contribution in [0.25, 0.3) is 0 Å². The highest BCUT2D eigenvalue weighted by molar-refractivity contribution is 6.30. The second kappa shape index (κ2) is 7.71. The molecule has 0 fully saturated rings. The van der Waals surface area contributed by atoms with Crippen molar-refractivity contribution in [3.05, 3.63) is 77.8 Å². The zero-order valence-corrected chi connectivity index (χ0v) is 16.5. The Kier molecular flexibility index (Phi) is 5.53. The van der Waals surface area contributed by atoms with Gasteiger partial charge in [-0.05, 0) is 35.2 Å². The lowest BCUT2D eigenvalue weighted by atomic mass is 9.71. The van der Waals surface area contributed by atoms with E-state index in [9.17, 15) is 5.11 Å². The molecule has 1 heterocycles. The van der Waals surface area contributed by atoms with Crippen LogP contribution < -0.4 is 4.74 Å². The van der Waals surface area contributed by atoms with Gasteiger partial charge in [-0.15, -0.1) is 0 Å². The Labute approximate surface area is 164 Å². The Morgan fingerprint density at radius 3 is 2.30 bits per heavy atom. The molecule has 0 spiro atoms. The van der Waals surface area contributed by atoms with E-state index in [0.29, 0.717) is 17.2 Å². The molecule has 142 valence electrons. The number of aromatic nitrogens is 3. The quantitative estimate of drug-likeness (QED) is 0.677. The Morgan fingerprint density at radius 2 is 1.74 bits per heavy atom. The lowest BCUT2D eigenvalue weighted by Gasteiger charge is -2.45. The van der Waals surface area contributed by atoms with Gasteiger partial charge in [0, 0.05) is 11.4 Å². The first kappa shape index (κ1) is 19.4. The second-order valence-electron chi connectivity index (χ2n) is 7.64. The largest absolute Gasteiger partial charge is 0.465 e. The Balaban J connectivity index is 2.03. The fourth-order valence-electron chi connectivity index (χ4n) is 2.98. The number of hydrogen-bond donors (Lipinski definition) is 1. The predicted molar refractivity (Wildman–Crippen MR) is 106 cm³/mol. The van der Waals surface area contributed by atoms with E-state index < -0.39 is 17.2 Å². The summed E-state index contributed by atoms with van der Waals surface area (Å²) in [6.07, 6.45) is 2.61. The lowest BCUT2D eigenvalue weighted by molar-refractivity contribution is -0.165. The summed E-state index contributed by atoms with van der Waals surface area (Å²) < 4.78 is 7.79. The van der Waals surface area contributed by atoms with Crippen LogP contribution in [0.15, 0.2) is 67.3 Å². The highest BCUT2D eigenvalue weighted by atomic mass is 35.5. The van der Waals surface area contributed by atoms with Crippen LogP contribution in [-0.2, 0) is 6.42 Å². The standard InChI is InChI=1S/C21H24ClN3O2/c1-20(2,3)21(26,13-16-7-5-4-6-8-16)19(25-15-23-14-24-25)27-18-11-9-17(22)10-12-18/h4-12,14-15,19,26H,13H2,1-3H3. The van der Waals surface area contributed by atoms with Gasteiger partial charge in [0.1, 0.15) is 24.0 Å².